The molecule has 0 N–H and O–H groups in total. The molecule has 0 amide bonds. The normalized spacial score (nSPS) is 16.1. The molecule has 1 heterocycles. The average Bonchev–Trinajstić information content (AvgIpc) is 2.98. The Labute approximate surface area is 151 Å². The van der Waals surface area contributed by atoms with Crippen molar-refractivity contribution >= 4 is 21.9 Å². The minimum atomic E-state index is 0.705. The van der Waals surface area contributed by atoms with E-state index < -0.39 is 0 Å². The lowest BCUT2D eigenvalue weighted by atomic mass is 9.79. The van der Waals surface area contributed by atoms with Crippen molar-refractivity contribution in [1.82, 2.24) is 0 Å². The van der Waals surface area contributed by atoms with Gasteiger partial charge in [0.2, 0.25) is 0 Å². The van der Waals surface area contributed by atoms with Crippen LogP contribution in [-0.4, -0.2) is 0 Å². The summed E-state index contributed by atoms with van der Waals surface area (Å²) in [6, 6.07) is 9.09. The van der Waals surface area contributed by atoms with Crippen LogP contribution in [0.4, 0.5) is 0 Å². The first kappa shape index (κ1) is 16.7. The van der Waals surface area contributed by atoms with E-state index in [9.17, 15) is 0 Å². The number of furan rings is 1. The van der Waals surface area contributed by atoms with Gasteiger partial charge in [0.1, 0.15) is 11.2 Å². The molecule has 1 heteroatoms. The molecule has 0 unspecified atom stereocenters. The van der Waals surface area contributed by atoms with E-state index in [-0.39, 0.29) is 0 Å². The molecule has 1 nitrogen and oxygen atoms in total. The van der Waals surface area contributed by atoms with Crippen LogP contribution in [0, 0.1) is 13.8 Å². The molecule has 1 saturated carbocycles. The van der Waals surface area contributed by atoms with E-state index in [2.05, 4.69) is 45.0 Å². The number of hydrogen-bond acceptors (Lipinski definition) is 1. The third-order valence-corrected chi connectivity index (χ3v) is 6.22. The van der Waals surface area contributed by atoms with Gasteiger partial charge in [-0.1, -0.05) is 38.7 Å². The smallest absolute Gasteiger partial charge is 0.135 e. The Kier molecular flexibility index (Phi) is 4.58. The second-order valence-electron chi connectivity index (χ2n) is 7.98. The Bertz CT molecular complexity index is 893. The quantitative estimate of drug-likeness (QED) is 0.479. The number of aryl methyl sites for hydroxylation is 2. The molecule has 132 valence electrons. The zero-order valence-corrected chi connectivity index (χ0v) is 16.0. The maximum Gasteiger partial charge on any atom is 0.135 e. The fraction of sp³-hybridized carbons (Fsp3) is 0.500. The van der Waals surface area contributed by atoms with Crippen molar-refractivity contribution in [2.45, 2.75) is 78.1 Å². The summed E-state index contributed by atoms with van der Waals surface area (Å²) in [5.41, 5.74) is 8.04. The van der Waals surface area contributed by atoms with Gasteiger partial charge in [0.25, 0.3) is 0 Å². The number of hydrogen-bond donors (Lipinski definition) is 0. The summed E-state index contributed by atoms with van der Waals surface area (Å²) in [4.78, 5) is 0. The molecule has 0 spiro atoms. The fourth-order valence-electron chi connectivity index (χ4n) is 4.69. The highest BCUT2D eigenvalue weighted by molar-refractivity contribution is 6.08. The first-order valence-corrected chi connectivity index (χ1v) is 10.1. The molecule has 2 aromatic carbocycles. The van der Waals surface area contributed by atoms with Gasteiger partial charge in [-0.3, -0.25) is 0 Å². The third-order valence-electron chi connectivity index (χ3n) is 6.22. The molecule has 0 aliphatic heterocycles. The molecule has 1 aliphatic rings. The summed E-state index contributed by atoms with van der Waals surface area (Å²) in [7, 11) is 0. The lowest BCUT2D eigenvalue weighted by Gasteiger charge is -2.25. The molecule has 3 aromatic rings. The van der Waals surface area contributed by atoms with E-state index in [1.54, 1.807) is 5.56 Å². The highest BCUT2D eigenvalue weighted by Crippen LogP contribution is 2.43. The van der Waals surface area contributed by atoms with Crippen molar-refractivity contribution in [3.63, 3.8) is 0 Å². The van der Waals surface area contributed by atoms with E-state index in [1.807, 2.05) is 0 Å². The zero-order valence-electron chi connectivity index (χ0n) is 16.0. The van der Waals surface area contributed by atoms with Crippen LogP contribution >= 0.6 is 0 Å². The minimum absolute atomic E-state index is 0.705. The monoisotopic (exact) mass is 334 g/mol. The van der Waals surface area contributed by atoms with Crippen molar-refractivity contribution in [2.24, 2.45) is 0 Å². The van der Waals surface area contributed by atoms with Crippen molar-refractivity contribution < 1.29 is 4.42 Å². The van der Waals surface area contributed by atoms with Gasteiger partial charge in [-0.25, -0.2) is 0 Å². The summed E-state index contributed by atoms with van der Waals surface area (Å²) >= 11 is 0. The average molecular weight is 335 g/mol. The second kappa shape index (κ2) is 6.86. The Hall–Kier alpha value is -1.76. The predicted octanol–water partition coefficient (Wildman–Crippen LogP) is 7.59. The lowest BCUT2D eigenvalue weighted by Crippen LogP contribution is -2.07. The highest BCUT2D eigenvalue weighted by atomic mass is 16.3. The Morgan fingerprint density at radius 1 is 1.00 bits per heavy atom. The maximum atomic E-state index is 6.28. The molecule has 0 saturated heterocycles. The number of unbranched alkanes of at least 4 members (excludes halogenated alkanes) is 1. The van der Waals surface area contributed by atoms with Gasteiger partial charge >= 0.3 is 0 Å². The van der Waals surface area contributed by atoms with Crippen molar-refractivity contribution in [2.75, 3.05) is 0 Å². The van der Waals surface area contributed by atoms with Crippen LogP contribution in [0.1, 0.15) is 80.0 Å². The molecule has 0 atom stereocenters. The van der Waals surface area contributed by atoms with E-state index in [0.29, 0.717) is 5.92 Å². The lowest BCUT2D eigenvalue weighted by molar-refractivity contribution is 0.444. The van der Waals surface area contributed by atoms with E-state index >= 15 is 0 Å². The number of fused-ring (bicyclic) bond motifs is 3. The summed E-state index contributed by atoms with van der Waals surface area (Å²) in [5.74, 6) is 0.705. The summed E-state index contributed by atoms with van der Waals surface area (Å²) < 4.78 is 6.28. The molecule has 0 radical (unpaired) electrons. The third kappa shape index (κ3) is 2.99. The molecule has 0 bridgehead atoms. The van der Waals surface area contributed by atoms with Gasteiger partial charge in [0.05, 0.1) is 0 Å². The zero-order chi connectivity index (χ0) is 17.4. The standard InChI is InChI=1S/C24H30O/c1-4-5-9-18-12-13-21-20(15-18)24-22(25-21)14-16(2)17(3)23(24)19-10-7-6-8-11-19/h12-15,19H,4-11H2,1-3H3. The van der Waals surface area contributed by atoms with E-state index in [4.69, 9.17) is 4.42 Å². The largest absolute Gasteiger partial charge is 0.456 e. The summed E-state index contributed by atoms with van der Waals surface area (Å²) in [5, 5.41) is 2.75. The first-order chi connectivity index (χ1) is 12.2. The van der Waals surface area contributed by atoms with Gasteiger partial charge in [0, 0.05) is 10.8 Å². The van der Waals surface area contributed by atoms with Gasteiger partial charge in [0.15, 0.2) is 0 Å². The van der Waals surface area contributed by atoms with Crippen molar-refractivity contribution in [1.29, 1.82) is 0 Å². The van der Waals surface area contributed by atoms with E-state index in [0.717, 1.165) is 11.2 Å². The van der Waals surface area contributed by atoms with Crippen LogP contribution in [-0.2, 0) is 6.42 Å². The van der Waals surface area contributed by atoms with Gasteiger partial charge < -0.3 is 4.42 Å². The highest BCUT2D eigenvalue weighted by Gasteiger charge is 2.23. The van der Waals surface area contributed by atoms with E-state index in [1.165, 1.54) is 78.8 Å². The second-order valence-corrected chi connectivity index (χ2v) is 7.98. The number of rotatable bonds is 4. The molecular weight excluding hydrogens is 304 g/mol. The predicted molar refractivity (Wildman–Crippen MR) is 108 cm³/mol. The molecular formula is C24H30O. The topological polar surface area (TPSA) is 13.1 Å². The van der Waals surface area contributed by atoms with Crippen LogP contribution in [0.15, 0.2) is 28.7 Å². The molecule has 1 aliphatic carbocycles. The Morgan fingerprint density at radius 3 is 2.56 bits per heavy atom. The van der Waals surface area contributed by atoms with Crippen LogP contribution < -0.4 is 0 Å². The van der Waals surface area contributed by atoms with Crippen LogP contribution in [0.2, 0.25) is 0 Å². The number of benzene rings is 2. The van der Waals surface area contributed by atoms with Gasteiger partial charge in [-0.2, -0.15) is 0 Å². The summed E-state index contributed by atoms with van der Waals surface area (Å²) in [6.07, 6.45) is 10.5. The van der Waals surface area contributed by atoms with Gasteiger partial charge in [-0.05, 0) is 85.9 Å². The van der Waals surface area contributed by atoms with Crippen molar-refractivity contribution in [3.05, 3.63) is 46.5 Å². The Morgan fingerprint density at radius 2 is 1.80 bits per heavy atom. The van der Waals surface area contributed by atoms with Crippen molar-refractivity contribution in [3.8, 4) is 0 Å². The first-order valence-electron chi connectivity index (χ1n) is 10.1. The SMILES string of the molecule is CCCCc1ccc2oc3cc(C)c(C)c(C4CCCCC4)c3c2c1. The Balaban J connectivity index is 1.94. The maximum absolute atomic E-state index is 6.28. The van der Waals surface area contributed by atoms with Crippen LogP contribution in [0.5, 0.6) is 0 Å². The minimum Gasteiger partial charge on any atom is -0.456 e. The fourth-order valence-corrected chi connectivity index (χ4v) is 4.69. The molecule has 4 rings (SSSR count). The molecule has 25 heavy (non-hydrogen) atoms. The van der Waals surface area contributed by atoms with Crippen LogP contribution in [0.25, 0.3) is 21.9 Å². The van der Waals surface area contributed by atoms with Gasteiger partial charge in [-0.15, -0.1) is 0 Å². The van der Waals surface area contributed by atoms with Crippen LogP contribution in [0.3, 0.4) is 0 Å². The summed E-state index contributed by atoms with van der Waals surface area (Å²) in [6.45, 7) is 6.82. The molecule has 1 fully saturated rings. The molecule has 1 aromatic heterocycles.